The zero-order chi connectivity index (χ0) is 22.7. The predicted octanol–water partition coefficient (Wildman–Crippen LogP) is 8.58. The van der Waals surface area contributed by atoms with Gasteiger partial charge in [-0.1, -0.05) is 104 Å². The lowest BCUT2D eigenvalue weighted by atomic mass is 9.94. The number of aldehydes is 1. The van der Waals surface area contributed by atoms with Gasteiger partial charge in [0.15, 0.2) is 6.29 Å². The Morgan fingerprint density at radius 3 is 1.84 bits per heavy atom. The van der Waals surface area contributed by atoms with Gasteiger partial charge in [0.25, 0.3) is 0 Å². The van der Waals surface area contributed by atoms with Gasteiger partial charge in [0, 0.05) is 7.11 Å². The first-order valence-corrected chi connectivity index (χ1v) is 13.2. The number of ether oxygens (including phenoxy) is 1. The Bertz CT molecular complexity index is 585. The standard InChI is InChI=1S/C28H49NO2/c1-5-8-11-14-15-18-21-27(31-4)28-25(20-17-13-10-7-3)22-24(26(23-30)29-28)19-16-12-9-6-2/h22-23,27H,5-21H2,1-4H3. The Morgan fingerprint density at radius 2 is 1.29 bits per heavy atom. The highest BCUT2D eigenvalue weighted by Gasteiger charge is 2.19. The van der Waals surface area contributed by atoms with Gasteiger partial charge in [-0.15, -0.1) is 0 Å². The third-order valence-electron chi connectivity index (χ3n) is 6.37. The van der Waals surface area contributed by atoms with Gasteiger partial charge in [0.05, 0.1) is 11.8 Å². The number of carbonyl (C=O) groups is 1. The van der Waals surface area contributed by atoms with E-state index in [0.717, 1.165) is 49.6 Å². The lowest BCUT2D eigenvalue weighted by Gasteiger charge is -2.20. The molecule has 0 radical (unpaired) electrons. The van der Waals surface area contributed by atoms with Crippen molar-refractivity contribution in [2.45, 2.75) is 136 Å². The molecule has 0 amide bonds. The van der Waals surface area contributed by atoms with Crippen molar-refractivity contribution in [1.82, 2.24) is 4.98 Å². The van der Waals surface area contributed by atoms with Gasteiger partial charge in [0.1, 0.15) is 5.69 Å². The highest BCUT2D eigenvalue weighted by atomic mass is 16.5. The van der Waals surface area contributed by atoms with Crippen LogP contribution in [0.3, 0.4) is 0 Å². The second-order valence-electron chi connectivity index (χ2n) is 9.10. The van der Waals surface area contributed by atoms with Crippen molar-refractivity contribution in [3.05, 3.63) is 28.6 Å². The van der Waals surface area contributed by atoms with Gasteiger partial charge in [-0.05, 0) is 43.2 Å². The number of aryl methyl sites for hydroxylation is 2. The van der Waals surface area contributed by atoms with Gasteiger partial charge < -0.3 is 4.74 Å². The number of methoxy groups -OCH3 is 1. The van der Waals surface area contributed by atoms with Gasteiger partial charge in [-0.2, -0.15) is 0 Å². The first kappa shape index (κ1) is 27.8. The van der Waals surface area contributed by atoms with Crippen molar-refractivity contribution in [3.63, 3.8) is 0 Å². The fourth-order valence-electron chi connectivity index (χ4n) is 4.37. The van der Waals surface area contributed by atoms with Crippen LogP contribution in [-0.4, -0.2) is 18.4 Å². The number of hydrogen-bond acceptors (Lipinski definition) is 3. The van der Waals surface area contributed by atoms with E-state index in [9.17, 15) is 4.79 Å². The molecule has 0 fully saturated rings. The second kappa shape index (κ2) is 18.4. The Morgan fingerprint density at radius 1 is 0.774 bits per heavy atom. The van der Waals surface area contributed by atoms with Gasteiger partial charge >= 0.3 is 0 Å². The molecule has 1 aromatic rings. The van der Waals surface area contributed by atoms with E-state index in [4.69, 9.17) is 9.72 Å². The van der Waals surface area contributed by atoms with Crippen LogP contribution in [0.25, 0.3) is 0 Å². The summed E-state index contributed by atoms with van der Waals surface area (Å²) < 4.78 is 5.91. The summed E-state index contributed by atoms with van der Waals surface area (Å²) in [6.45, 7) is 6.74. The van der Waals surface area contributed by atoms with E-state index in [1.54, 1.807) is 7.11 Å². The van der Waals surface area contributed by atoms with Crippen LogP contribution in [0.4, 0.5) is 0 Å². The van der Waals surface area contributed by atoms with Crippen molar-refractivity contribution in [2.75, 3.05) is 7.11 Å². The van der Waals surface area contributed by atoms with Crippen LogP contribution in [0, 0.1) is 0 Å². The molecular formula is C28H49NO2. The molecule has 0 saturated heterocycles. The van der Waals surface area contributed by atoms with Crippen molar-refractivity contribution in [3.8, 4) is 0 Å². The summed E-state index contributed by atoms with van der Waals surface area (Å²) in [6, 6.07) is 2.29. The van der Waals surface area contributed by atoms with E-state index in [0.29, 0.717) is 5.69 Å². The molecule has 1 rings (SSSR count). The Kier molecular flexibility index (Phi) is 16.5. The molecule has 3 nitrogen and oxygen atoms in total. The van der Waals surface area contributed by atoms with E-state index in [2.05, 4.69) is 26.8 Å². The maximum atomic E-state index is 11.8. The van der Waals surface area contributed by atoms with Crippen molar-refractivity contribution >= 4 is 6.29 Å². The van der Waals surface area contributed by atoms with Crippen LogP contribution in [0.15, 0.2) is 6.07 Å². The monoisotopic (exact) mass is 431 g/mol. The molecule has 1 aromatic heterocycles. The maximum Gasteiger partial charge on any atom is 0.168 e. The van der Waals surface area contributed by atoms with E-state index in [1.807, 2.05) is 0 Å². The number of rotatable bonds is 20. The highest BCUT2D eigenvalue weighted by Crippen LogP contribution is 2.28. The fourth-order valence-corrected chi connectivity index (χ4v) is 4.37. The summed E-state index contributed by atoms with van der Waals surface area (Å²) in [5.74, 6) is 0. The van der Waals surface area contributed by atoms with E-state index in [-0.39, 0.29) is 6.10 Å². The molecule has 0 aromatic carbocycles. The van der Waals surface area contributed by atoms with Crippen LogP contribution >= 0.6 is 0 Å². The zero-order valence-corrected chi connectivity index (χ0v) is 21.0. The minimum Gasteiger partial charge on any atom is -0.375 e. The lowest BCUT2D eigenvalue weighted by Crippen LogP contribution is -2.12. The average Bonchev–Trinajstić information content (AvgIpc) is 2.79. The van der Waals surface area contributed by atoms with Gasteiger partial charge in [-0.3, -0.25) is 4.79 Å². The highest BCUT2D eigenvalue weighted by molar-refractivity contribution is 5.74. The van der Waals surface area contributed by atoms with Crippen LogP contribution in [0.5, 0.6) is 0 Å². The topological polar surface area (TPSA) is 39.2 Å². The summed E-state index contributed by atoms with van der Waals surface area (Å²) in [5.41, 5.74) is 4.10. The molecule has 0 aliphatic carbocycles. The molecule has 1 atom stereocenters. The number of carbonyl (C=O) groups excluding carboxylic acids is 1. The van der Waals surface area contributed by atoms with Crippen LogP contribution in [-0.2, 0) is 17.6 Å². The van der Waals surface area contributed by atoms with Crippen molar-refractivity contribution < 1.29 is 9.53 Å². The molecule has 0 aliphatic rings. The molecule has 0 spiro atoms. The minimum absolute atomic E-state index is 0.000177. The number of hydrogen-bond donors (Lipinski definition) is 0. The number of unbranched alkanes of at least 4 members (excludes halogenated alkanes) is 11. The number of nitrogens with zero attached hydrogens (tertiary/aromatic N) is 1. The second-order valence-corrected chi connectivity index (χ2v) is 9.10. The smallest absolute Gasteiger partial charge is 0.168 e. The molecular weight excluding hydrogens is 382 g/mol. The van der Waals surface area contributed by atoms with E-state index < -0.39 is 0 Å². The Hall–Kier alpha value is -1.22. The van der Waals surface area contributed by atoms with Crippen LogP contribution in [0.2, 0.25) is 0 Å². The summed E-state index contributed by atoms with van der Waals surface area (Å²) in [7, 11) is 1.80. The molecule has 0 saturated carbocycles. The molecule has 178 valence electrons. The summed E-state index contributed by atoms with van der Waals surface area (Å²) in [5, 5.41) is 0. The normalized spacial score (nSPS) is 12.3. The third-order valence-corrected chi connectivity index (χ3v) is 6.37. The lowest BCUT2D eigenvalue weighted by molar-refractivity contribution is 0.0883. The molecule has 0 aliphatic heterocycles. The van der Waals surface area contributed by atoms with Crippen LogP contribution < -0.4 is 0 Å². The van der Waals surface area contributed by atoms with E-state index >= 15 is 0 Å². The van der Waals surface area contributed by atoms with Gasteiger partial charge in [-0.25, -0.2) is 4.98 Å². The molecule has 31 heavy (non-hydrogen) atoms. The largest absolute Gasteiger partial charge is 0.375 e. The summed E-state index contributed by atoms with van der Waals surface area (Å²) >= 11 is 0. The Balaban J connectivity index is 2.93. The van der Waals surface area contributed by atoms with Gasteiger partial charge in [0.2, 0.25) is 0 Å². The summed E-state index contributed by atoms with van der Waals surface area (Å²) in [4.78, 5) is 16.7. The molecule has 0 bridgehead atoms. The zero-order valence-electron chi connectivity index (χ0n) is 21.0. The molecule has 1 heterocycles. The molecule has 1 unspecified atom stereocenters. The first-order valence-electron chi connectivity index (χ1n) is 13.2. The minimum atomic E-state index is 0.000177. The van der Waals surface area contributed by atoms with Crippen LogP contribution in [0.1, 0.15) is 150 Å². The average molecular weight is 432 g/mol. The Labute approximate surface area is 192 Å². The fraction of sp³-hybridized carbons (Fsp3) is 0.786. The van der Waals surface area contributed by atoms with Crippen molar-refractivity contribution in [1.29, 1.82) is 0 Å². The number of pyridine rings is 1. The SMILES string of the molecule is CCCCCCCCC(OC)c1nc(C=O)c(CCCCCC)cc1CCCCCC. The predicted molar refractivity (Wildman–Crippen MR) is 133 cm³/mol. The summed E-state index contributed by atoms with van der Waals surface area (Å²) in [6.07, 6.45) is 21.4. The number of aromatic nitrogens is 1. The third kappa shape index (κ3) is 11.3. The first-order chi connectivity index (χ1) is 15.2. The van der Waals surface area contributed by atoms with E-state index in [1.165, 1.54) is 82.6 Å². The van der Waals surface area contributed by atoms with Crippen molar-refractivity contribution in [2.24, 2.45) is 0 Å². The quantitative estimate of drug-likeness (QED) is 0.153. The maximum absolute atomic E-state index is 11.8. The molecule has 0 N–H and O–H groups in total. The molecule has 3 heteroatoms.